The normalized spacial score (nSPS) is 19.0. The topological polar surface area (TPSA) is 63.7 Å². The van der Waals surface area contributed by atoms with Gasteiger partial charge in [0.1, 0.15) is 13.2 Å². The average Bonchev–Trinajstić information content (AvgIpc) is 3.11. The molecule has 2 aliphatic rings. The number of carbonyl (C=O) groups is 1. The molecule has 0 radical (unpaired) electrons. The van der Waals surface area contributed by atoms with Gasteiger partial charge in [0.25, 0.3) is 0 Å². The highest BCUT2D eigenvalue weighted by Gasteiger charge is 2.24. The summed E-state index contributed by atoms with van der Waals surface area (Å²) in [4.78, 5) is 20.1. The Hall–Kier alpha value is -2.28. The van der Waals surface area contributed by atoms with Crippen molar-refractivity contribution in [2.45, 2.75) is 38.6 Å². The molecule has 0 unspecified atom stereocenters. The van der Waals surface area contributed by atoms with E-state index in [1.54, 1.807) is 11.3 Å². The summed E-state index contributed by atoms with van der Waals surface area (Å²) in [5.74, 6) is 1.82. The quantitative estimate of drug-likeness (QED) is 0.853. The molecule has 1 fully saturated rings. The minimum absolute atomic E-state index is 0.233. The number of piperidine rings is 1. The first-order valence-corrected chi connectivity index (χ1v) is 10.4. The van der Waals surface area contributed by atoms with Crippen molar-refractivity contribution in [3.63, 3.8) is 0 Å². The van der Waals surface area contributed by atoms with Crippen molar-refractivity contribution in [1.82, 2.24) is 9.88 Å². The number of nitrogens with one attached hydrogen (secondary N) is 1. The van der Waals surface area contributed by atoms with Gasteiger partial charge < -0.3 is 19.7 Å². The van der Waals surface area contributed by atoms with Crippen LogP contribution in [0.5, 0.6) is 11.5 Å². The molecule has 144 valence electrons. The number of thiazole rings is 1. The number of benzene rings is 1. The maximum Gasteiger partial charge on any atom is 0.223 e. The number of ether oxygens (including phenoxy) is 2. The molecule has 27 heavy (non-hydrogen) atoms. The highest BCUT2D eigenvalue weighted by atomic mass is 32.1. The molecule has 1 saturated heterocycles. The molecule has 0 aliphatic carbocycles. The third-order valence-electron chi connectivity index (χ3n) is 5.10. The molecule has 0 bridgehead atoms. The number of nitrogens with zero attached hydrogens (tertiary/aromatic N) is 2. The number of aromatic nitrogens is 1. The van der Waals surface area contributed by atoms with Crippen LogP contribution in [-0.2, 0) is 11.2 Å². The predicted octanol–water partition coefficient (Wildman–Crippen LogP) is 3.26. The van der Waals surface area contributed by atoms with E-state index in [-0.39, 0.29) is 11.9 Å². The van der Waals surface area contributed by atoms with Crippen LogP contribution < -0.4 is 14.8 Å². The van der Waals surface area contributed by atoms with Crippen LogP contribution >= 0.6 is 11.3 Å². The Morgan fingerprint density at radius 2 is 2.19 bits per heavy atom. The fraction of sp³-hybridized carbons (Fsp3) is 0.500. The molecule has 2 aromatic rings. The maximum absolute atomic E-state index is 12.6. The zero-order chi connectivity index (χ0) is 18.6. The van der Waals surface area contributed by atoms with Gasteiger partial charge in [-0.05, 0) is 38.3 Å². The number of carbonyl (C=O) groups excluding carboxylic acids is 1. The van der Waals surface area contributed by atoms with Gasteiger partial charge in [0.05, 0.1) is 11.2 Å². The number of likely N-dealkylation sites (tertiary alicyclic amines) is 1. The fourth-order valence-corrected chi connectivity index (χ4v) is 4.42. The molecule has 1 aromatic carbocycles. The van der Waals surface area contributed by atoms with Crippen LogP contribution in [0, 0.1) is 6.92 Å². The molecule has 6 nitrogen and oxygen atoms in total. The van der Waals surface area contributed by atoms with Crippen LogP contribution in [0.3, 0.4) is 0 Å². The lowest BCUT2D eigenvalue weighted by Crippen LogP contribution is -2.45. The van der Waals surface area contributed by atoms with Gasteiger partial charge in [-0.2, -0.15) is 0 Å². The highest BCUT2D eigenvalue weighted by molar-refractivity contribution is 7.09. The van der Waals surface area contributed by atoms with Crippen molar-refractivity contribution in [2.24, 2.45) is 0 Å². The summed E-state index contributed by atoms with van der Waals surface area (Å²) < 4.78 is 11.2. The van der Waals surface area contributed by atoms with Crippen molar-refractivity contribution in [3.8, 4) is 11.5 Å². The second kappa shape index (κ2) is 8.17. The monoisotopic (exact) mass is 387 g/mol. The number of aryl methyl sites for hydroxylation is 2. The third-order valence-corrected chi connectivity index (χ3v) is 6.09. The van der Waals surface area contributed by atoms with Crippen LogP contribution in [0.2, 0.25) is 0 Å². The zero-order valence-electron chi connectivity index (χ0n) is 15.6. The number of hydrogen-bond donors (Lipinski definition) is 1. The highest BCUT2D eigenvalue weighted by Crippen LogP contribution is 2.33. The molecule has 1 amide bonds. The average molecular weight is 388 g/mol. The summed E-state index contributed by atoms with van der Waals surface area (Å²) in [6.45, 7) is 4.78. The third kappa shape index (κ3) is 4.35. The van der Waals surface area contributed by atoms with Gasteiger partial charge in [-0.3, -0.25) is 4.79 Å². The molecule has 4 rings (SSSR count). The van der Waals surface area contributed by atoms with Gasteiger partial charge in [0.15, 0.2) is 11.5 Å². The molecule has 1 N–H and O–H groups in total. The number of fused-ring (bicyclic) bond motifs is 1. The van der Waals surface area contributed by atoms with Crippen molar-refractivity contribution in [2.75, 3.05) is 31.6 Å². The van der Waals surface area contributed by atoms with Crippen LogP contribution in [0.1, 0.15) is 29.8 Å². The van der Waals surface area contributed by atoms with Gasteiger partial charge in [-0.25, -0.2) is 4.98 Å². The Morgan fingerprint density at radius 3 is 3.00 bits per heavy atom. The van der Waals surface area contributed by atoms with E-state index in [0.29, 0.717) is 19.6 Å². The van der Waals surface area contributed by atoms with Crippen LogP contribution in [0.4, 0.5) is 5.69 Å². The van der Waals surface area contributed by atoms with Gasteiger partial charge in [-0.1, -0.05) is 0 Å². The van der Waals surface area contributed by atoms with Crippen LogP contribution in [0.25, 0.3) is 0 Å². The lowest BCUT2D eigenvalue weighted by molar-refractivity contribution is -0.132. The van der Waals surface area contributed by atoms with Crippen LogP contribution in [-0.4, -0.2) is 48.1 Å². The summed E-state index contributed by atoms with van der Waals surface area (Å²) in [5.41, 5.74) is 3.91. The van der Waals surface area contributed by atoms with Crippen LogP contribution in [0.15, 0.2) is 23.7 Å². The lowest BCUT2D eigenvalue weighted by atomic mass is 10.0. The first-order chi connectivity index (χ1) is 13.2. The molecule has 3 heterocycles. The minimum atomic E-state index is 0.233. The van der Waals surface area contributed by atoms with Gasteiger partial charge >= 0.3 is 0 Å². The van der Waals surface area contributed by atoms with Gasteiger partial charge in [-0.15, -0.1) is 11.3 Å². The Bertz CT molecular complexity index is 808. The Labute approximate surface area is 163 Å². The molecule has 1 aromatic heterocycles. The second-order valence-corrected chi connectivity index (χ2v) is 7.98. The standard InChI is InChI=1S/C20H25N3O3S/c1-14-19(27-13-21-14)6-7-20(24)23-8-2-3-16(12-23)22-15-4-5-17-18(11-15)26-10-9-25-17/h4-5,11,13,16,22H,2-3,6-10,12H2,1H3/t16-/m1/s1. The Balaban J connectivity index is 1.32. The van der Waals surface area contributed by atoms with Gasteiger partial charge in [0.2, 0.25) is 5.91 Å². The summed E-state index contributed by atoms with van der Waals surface area (Å²) >= 11 is 1.64. The molecule has 2 aliphatic heterocycles. The Kier molecular flexibility index (Phi) is 5.48. The largest absolute Gasteiger partial charge is 0.486 e. The van der Waals surface area contributed by atoms with Crippen molar-refractivity contribution < 1.29 is 14.3 Å². The summed E-state index contributed by atoms with van der Waals surface area (Å²) in [6, 6.07) is 6.21. The van der Waals surface area contributed by atoms with E-state index in [9.17, 15) is 4.79 Å². The van der Waals surface area contributed by atoms with E-state index in [4.69, 9.17) is 9.47 Å². The first-order valence-electron chi connectivity index (χ1n) is 9.52. The molecular weight excluding hydrogens is 362 g/mol. The lowest BCUT2D eigenvalue weighted by Gasteiger charge is -2.34. The van der Waals surface area contributed by atoms with Crippen molar-refractivity contribution in [3.05, 3.63) is 34.3 Å². The van der Waals surface area contributed by atoms with E-state index in [1.165, 1.54) is 4.88 Å². The number of hydrogen-bond acceptors (Lipinski definition) is 6. The van der Waals surface area contributed by atoms with Crippen molar-refractivity contribution >= 4 is 22.9 Å². The molecular formula is C20H25N3O3S. The minimum Gasteiger partial charge on any atom is -0.486 e. The molecule has 0 saturated carbocycles. The van der Waals surface area contributed by atoms with E-state index >= 15 is 0 Å². The van der Waals surface area contributed by atoms with E-state index in [0.717, 1.165) is 55.2 Å². The van der Waals surface area contributed by atoms with E-state index in [2.05, 4.69) is 10.3 Å². The Morgan fingerprint density at radius 1 is 1.33 bits per heavy atom. The fourth-order valence-electron chi connectivity index (χ4n) is 3.64. The number of amides is 1. The maximum atomic E-state index is 12.6. The van der Waals surface area contributed by atoms with Gasteiger partial charge in [0, 0.05) is 42.2 Å². The summed E-state index contributed by atoms with van der Waals surface area (Å²) in [7, 11) is 0. The number of anilines is 1. The smallest absolute Gasteiger partial charge is 0.223 e. The molecule has 7 heteroatoms. The van der Waals surface area contributed by atoms with E-state index < -0.39 is 0 Å². The summed E-state index contributed by atoms with van der Waals surface area (Å²) in [6.07, 6.45) is 3.42. The summed E-state index contributed by atoms with van der Waals surface area (Å²) in [5, 5.41) is 3.56. The second-order valence-electron chi connectivity index (χ2n) is 7.04. The first kappa shape index (κ1) is 18.1. The van der Waals surface area contributed by atoms with E-state index in [1.807, 2.05) is 35.5 Å². The SMILES string of the molecule is Cc1ncsc1CCC(=O)N1CCC[C@@H](Nc2ccc3c(c2)OCCO3)C1. The number of rotatable bonds is 5. The predicted molar refractivity (Wildman–Crippen MR) is 106 cm³/mol. The zero-order valence-corrected chi connectivity index (χ0v) is 16.4. The molecule has 1 atom stereocenters. The molecule has 0 spiro atoms. The van der Waals surface area contributed by atoms with Crippen molar-refractivity contribution in [1.29, 1.82) is 0 Å².